The Balaban J connectivity index is 1.50. The summed E-state index contributed by atoms with van der Waals surface area (Å²) in [6, 6.07) is 5.01. The van der Waals surface area contributed by atoms with Gasteiger partial charge in [0, 0.05) is 25.3 Å². The highest BCUT2D eigenvalue weighted by Gasteiger charge is 2.36. The third-order valence-electron chi connectivity index (χ3n) is 5.50. The predicted molar refractivity (Wildman–Crippen MR) is 120 cm³/mol. The fourth-order valence-electron chi connectivity index (χ4n) is 3.98. The number of thiazole rings is 1. The first-order valence-electron chi connectivity index (χ1n) is 10.5. The van der Waals surface area contributed by atoms with E-state index in [1.165, 1.54) is 4.31 Å². The molecule has 0 radical (unpaired) electrons. The molecule has 1 amide bonds. The molecule has 0 spiro atoms. The maximum Gasteiger partial charge on any atom is 0.242 e. The standard InChI is InChI=1S/C20H28N4O4S2/c1-2-13-30(26,27)24-8-4-3-5-17(24)19(25)21-15-6-7-16-18(14-15)29-20(22-16)23-9-11-28-12-10-23/h6-7,14,17H,2-5,8-13H2,1H3,(H,21,25). The fraction of sp³-hybridized carbons (Fsp3) is 0.600. The van der Waals surface area contributed by atoms with E-state index in [1.807, 2.05) is 25.1 Å². The molecule has 2 aliphatic heterocycles. The first-order valence-corrected chi connectivity index (χ1v) is 12.9. The Bertz CT molecular complexity index is 1000. The lowest BCUT2D eigenvalue weighted by molar-refractivity contribution is -0.120. The third-order valence-corrected chi connectivity index (χ3v) is 8.66. The second kappa shape index (κ2) is 9.17. The van der Waals surface area contributed by atoms with Gasteiger partial charge in [0.05, 0.1) is 29.2 Å². The van der Waals surface area contributed by atoms with E-state index in [-0.39, 0.29) is 11.7 Å². The summed E-state index contributed by atoms with van der Waals surface area (Å²) in [5.41, 5.74) is 1.56. The molecule has 1 atom stereocenters. The molecule has 0 bridgehead atoms. The lowest BCUT2D eigenvalue weighted by atomic mass is 10.0. The summed E-state index contributed by atoms with van der Waals surface area (Å²) >= 11 is 1.59. The van der Waals surface area contributed by atoms with Crippen LogP contribution in [0.4, 0.5) is 10.8 Å². The molecule has 2 fully saturated rings. The SMILES string of the molecule is CCCS(=O)(=O)N1CCCCC1C(=O)Nc1ccc2nc(N3CCOCC3)sc2c1. The Kier molecular flexibility index (Phi) is 6.57. The number of amides is 1. The molecule has 10 heteroatoms. The van der Waals surface area contributed by atoms with Crippen molar-refractivity contribution in [3.63, 3.8) is 0 Å². The normalized spacial score (nSPS) is 21.1. The first-order chi connectivity index (χ1) is 14.5. The summed E-state index contributed by atoms with van der Waals surface area (Å²) in [5.74, 6) is -0.180. The molecule has 1 N–H and O–H groups in total. The van der Waals surface area contributed by atoms with Gasteiger partial charge in [-0.15, -0.1) is 0 Å². The van der Waals surface area contributed by atoms with Crippen LogP contribution in [0.3, 0.4) is 0 Å². The Labute approximate surface area is 181 Å². The van der Waals surface area contributed by atoms with Crippen molar-refractivity contribution in [3.8, 4) is 0 Å². The van der Waals surface area contributed by atoms with Gasteiger partial charge in [-0.25, -0.2) is 13.4 Å². The van der Waals surface area contributed by atoms with Crippen molar-refractivity contribution in [3.05, 3.63) is 18.2 Å². The number of hydrogen-bond acceptors (Lipinski definition) is 7. The number of hydrogen-bond donors (Lipinski definition) is 1. The molecule has 0 aliphatic carbocycles. The van der Waals surface area contributed by atoms with Gasteiger partial charge in [-0.3, -0.25) is 4.79 Å². The smallest absolute Gasteiger partial charge is 0.242 e. The molecule has 164 valence electrons. The number of piperidine rings is 1. The van der Waals surface area contributed by atoms with Crippen molar-refractivity contribution in [2.24, 2.45) is 0 Å². The molecule has 2 aliphatic rings. The Morgan fingerprint density at radius 2 is 2.07 bits per heavy atom. The van der Waals surface area contributed by atoms with Crippen LogP contribution < -0.4 is 10.2 Å². The number of carbonyl (C=O) groups is 1. The number of nitrogens with one attached hydrogen (secondary N) is 1. The Hall–Kier alpha value is -1.75. The maximum atomic E-state index is 13.0. The number of aromatic nitrogens is 1. The van der Waals surface area contributed by atoms with Crippen LogP contribution in [0.1, 0.15) is 32.6 Å². The van der Waals surface area contributed by atoms with E-state index < -0.39 is 16.1 Å². The van der Waals surface area contributed by atoms with Gasteiger partial charge in [0.2, 0.25) is 15.9 Å². The summed E-state index contributed by atoms with van der Waals surface area (Å²) < 4.78 is 33.0. The molecule has 4 rings (SSSR count). The van der Waals surface area contributed by atoms with E-state index >= 15 is 0 Å². The van der Waals surface area contributed by atoms with Gasteiger partial charge in [0.15, 0.2) is 5.13 Å². The zero-order chi connectivity index (χ0) is 21.1. The highest BCUT2D eigenvalue weighted by Crippen LogP contribution is 2.31. The summed E-state index contributed by atoms with van der Waals surface area (Å²) in [5, 5.41) is 3.90. The second-order valence-electron chi connectivity index (χ2n) is 7.71. The van der Waals surface area contributed by atoms with Crippen molar-refractivity contribution in [1.29, 1.82) is 0 Å². The average Bonchev–Trinajstić information content (AvgIpc) is 3.18. The number of benzene rings is 1. The molecule has 30 heavy (non-hydrogen) atoms. The molecule has 1 aromatic heterocycles. The maximum absolute atomic E-state index is 13.0. The van der Waals surface area contributed by atoms with E-state index in [2.05, 4.69) is 10.2 Å². The van der Waals surface area contributed by atoms with Crippen LogP contribution in [0, 0.1) is 0 Å². The molecule has 2 saturated heterocycles. The minimum Gasteiger partial charge on any atom is -0.378 e. The van der Waals surface area contributed by atoms with Crippen LogP contribution in [0.2, 0.25) is 0 Å². The number of morpholine rings is 1. The van der Waals surface area contributed by atoms with Gasteiger partial charge < -0.3 is 15.0 Å². The highest BCUT2D eigenvalue weighted by atomic mass is 32.2. The lowest BCUT2D eigenvalue weighted by Gasteiger charge is -2.33. The van der Waals surface area contributed by atoms with Gasteiger partial charge in [-0.1, -0.05) is 24.7 Å². The van der Waals surface area contributed by atoms with E-state index in [0.29, 0.717) is 38.3 Å². The lowest BCUT2D eigenvalue weighted by Crippen LogP contribution is -2.50. The van der Waals surface area contributed by atoms with Gasteiger partial charge in [0.25, 0.3) is 0 Å². The molecule has 1 unspecified atom stereocenters. The molecule has 3 heterocycles. The monoisotopic (exact) mass is 452 g/mol. The van der Waals surface area contributed by atoms with Crippen molar-refractivity contribution < 1.29 is 17.9 Å². The number of nitrogens with zero attached hydrogens (tertiary/aromatic N) is 3. The zero-order valence-electron chi connectivity index (χ0n) is 17.2. The van der Waals surface area contributed by atoms with E-state index in [4.69, 9.17) is 9.72 Å². The Morgan fingerprint density at radius 1 is 1.27 bits per heavy atom. The van der Waals surface area contributed by atoms with Crippen LogP contribution in [0.25, 0.3) is 10.2 Å². The summed E-state index contributed by atoms with van der Waals surface area (Å²) in [6.45, 7) is 5.32. The minimum absolute atomic E-state index is 0.0773. The molecule has 0 saturated carbocycles. The van der Waals surface area contributed by atoms with E-state index in [9.17, 15) is 13.2 Å². The van der Waals surface area contributed by atoms with Gasteiger partial charge in [-0.2, -0.15) is 4.31 Å². The zero-order valence-corrected chi connectivity index (χ0v) is 18.8. The van der Waals surface area contributed by atoms with Crippen LogP contribution in [0.15, 0.2) is 18.2 Å². The number of carbonyl (C=O) groups excluding carboxylic acids is 1. The molecule has 2 aromatic rings. The number of sulfonamides is 1. The second-order valence-corrected chi connectivity index (χ2v) is 10.8. The average molecular weight is 453 g/mol. The van der Waals surface area contributed by atoms with Crippen LogP contribution in [-0.2, 0) is 19.6 Å². The summed E-state index contributed by atoms with van der Waals surface area (Å²) in [6.07, 6.45) is 2.75. The first kappa shape index (κ1) is 21.5. The van der Waals surface area contributed by atoms with Crippen molar-refractivity contribution in [2.45, 2.75) is 38.6 Å². The highest BCUT2D eigenvalue weighted by molar-refractivity contribution is 7.89. The fourth-order valence-corrected chi connectivity index (χ4v) is 6.78. The topological polar surface area (TPSA) is 91.8 Å². The van der Waals surface area contributed by atoms with Gasteiger partial charge in [-0.05, 0) is 37.5 Å². The van der Waals surface area contributed by atoms with Crippen LogP contribution >= 0.6 is 11.3 Å². The molecule has 8 nitrogen and oxygen atoms in total. The predicted octanol–water partition coefficient (Wildman–Crippen LogP) is 2.67. The van der Waals surface area contributed by atoms with Crippen LogP contribution in [0.5, 0.6) is 0 Å². The molecular formula is C20H28N4O4S2. The number of fused-ring (bicyclic) bond motifs is 1. The Morgan fingerprint density at radius 3 is 2.83 bits per heavy atom. The van der Waals surface area contributed by atoms with E-state index in [0.717, 1.165) is 41.3 Å². The summed E-state index contributed by atoms with van der Waals surface area (Å²) in [4.78, 5) is 19.9. The van der Waals surface area contributed by atoms with Crippen molar-refractivity contribution >= 4 is 48.3 Å². The van der Waals surface area contributed by atoms with Crippen molar-refractivity contribution in [2.75, 3.05) is 48.8 Å². The molecular weight excluding hydrogens is 424 g/mol. The summed E-state index contributed by atoms with van der Waals surface area (Å²) in [7, 11) is -3.41. The van der Waals surface area contributed by atoms with Gasteiger partial charge >= 0.3 is 0 Å². The molecule has 1 aromatic carbocycles. The largest absolute Gasteiger partial charge is 0.378 e. The number of rotatable bonds is 6. The van der Waals surface area contributed by atoms with Crippen molar-refractivity contribution in [1.82, 2.24) is 9.29 Å². The third kappa shape index (κ3) is 4.61. The van der Waals surface area contributed by atoms with E-state index in [1.54, 1.807) is 11.3 Å². The number of anilines is 2. The van der Waals surface area contributed by atoms with Gasteiger partial charge in [0.1, 0.15) is 6.04 Å². The van der Waals surface area contributed by atoms with Crippen LogP contribution in [-0.4, -0.2) is 68.3 Å². The number of ether oxygens (including phenoxy) is 1. The quantitative estimate of drug-likeness (QED) is 0.725. The minimum atomic E-state index is -3.41.